The van der Waals surface area contributed by atoms with Gasteiger partial charge in [0.1, 0.15) is 10.6 Å². The number of nitrogens with zero attached hydrogens (tertiary/aromatic N) is 1. The van der Waals surface area contributed by atoms with Gasteiger partial charge in [-0.3, -0.25) is 4.79 Å². The minimum Gasteiger partial charge on any atom is -0.495 e. The molecule has 0 spiro atoms. The Hall–Kier alpha value is -1.31. The number of hydrogen-bond donors (Lipinski definition) is 1. The molecule has 1 atom stereocenters. The zero-order chi connectivity index (χ0) is 19.4. The van der Waals surface area contributed by atoms with Crippen molar-refractivity contribution >= 4 is 27.5 Å². The Balaban J connectivity index is 1.73. The maximum absolute atomic E-state index is 13.1. The number of methoxy groups -OCH3 is 1. The highest BCUT2D eigenvalue weighted by Crippen LogP contribution is 2.32. The largest absolute Gasteiger partial charge is 0.495 e. The zero-order valence-corrected chi connectivity index (χ0v) is 17.2. The third-order valence-electron chi connectivity index (χ3n) is 5.45. The third kappa shape index (κ3) is 4.76. The summed E-state index contributed by atoms with van der Waals surface area (Å²) in [5, 5.41) is 3.46. The highest BCUT2D eigenvalue weighted by atomic mass is 35.5. The van der Waals surface area contributed by atoms with Crippen LogP contribution in [-0.2, 0) is 14.8 Å². The lowest BCUT2D eigenvalue weighted by Gasteiger charge is -2.33. The number of piperidine rings is 1. The lowest BCUT2D eigenvalue weighted by atomic mass is 9.93. The monoisotopic (exact) mass is 414 g/mol. The van der Waals surface area contributed by atoms with Gasteiger partial charge < -0.3 is 10.1 Å². The molecule has 0 unspecified atom stereocenters. The van der Waals surface area contributed by atoms with Gasteiger partial charge in [-0.2, -0.15) is 4.31 Å². The first kappa shape index (κ1) is 20.4. The molecular formula is C19H27ClN2O4S. The standard InChI is InChI=1S/C19H27ClN2O4S/c1-26-17-10-9-15(20)12-18(17)27(24,25)22-11-5-6-14(13-22)19(23)21-16-7-3-2-4-8-16/h9-10,12,14,16H,2-8,11,13H2,1H3,(H,21,23)/t14-/m1/s1. The molecule has 0 bridgehead atoms. The van der Waals surface area contributed by atoms with Crippen molar-refractivity contribution in [2.75, 3.05) is 20.2 Å². The van der Waals surface area contributed by atoms with Gasteiger partial charge >= 0.3 is 0 Å². The number of benzene rings is 1. The molecule has 1 amide bonds. The van der Waals surface area contributed by atoms with Crippen LogP contribution in [0.1, 0.15) is 44.9 Å². The van der Waals surface area contributed by atoms with Crippen molar-refractivity contribution in [2.24, 2.45) is 5.92 Å². The van der Waals surface area contributed by atoms with E-state index in [0.29, 0.717) is 24.4 Å². The maximum Gasteiger partial charge on any atom is 0.246 e. The van der Waals surface area contributed by atoms with Crippen LogP contribution in [0.3, 0.4) is 0 Å². The molecule has 1 aromatic carbocycles. The van der Waals surface area contributed by atoms with Crippen LogP contribution in [0.15, 0.2) is 23.1 Å². The molecule has 0 radical (unpaired) electrons. The lowest BCUT2D eigenvalue weighted by Crippen LogP contribution is -2.47. The molecule has 8 heteroatoms. The highest BCUT2D eigenvalue weighted by molar-refractivity contribution is 7.89. The normalized spacial score (nSPS) is 22.4. The predicted molar refractivity (Wildman–Crippen MR) is 105 cm³/mol. The van der Waals surface area contributed by atoms with Crippen molar-refractivity contribution in [1.82, 2.24) is 9.62 Å². The van der Waals surface area contributed by atoms with Crippen molar-refractivity contribution < 1.29 is 17.9 Å². The van der Waals surface area contributed by atoms with Gasteiger partial charge in [0.15, 0.2) is 0 Å². The van der Waals surface area contributed by atoms with E-state index in [9.17, 15) is 13.2 Å². The Morgan fingerprint density at radius 1 is 1.19 bits per heavy atom. The molecule has 1 saturated carbocycles. The molecule has 0 aromatic heterocycles. The second-order valence-electron chi connectivity index (χ2n) is 7.34. The molecule has 27 heavy (non-hydrogen) atoms. The first-order valence-electron chi connectivity index (χ1n) is 9.56. The van der Waals surface area contributed by atoms with E-state index in [1.165, 1.54) is 23.9 Å². The topological polar surface area (TPSA) is 75.7 Å². The summed E-state index contributed by atoms with van der Waals surface area (Å²) < 4.78 is 32.9. The molecule has 1 N–H and O–H groups in total. The maximum atomic E-state index is 13.1. The molecule has 150 valence electrons. The van der Waals surface area contributed by atoms with E-state index in [0.717, 1.165) is 25.7 Å². The van der Waals surface area contributed by atoms with Gasteiger partial charge in [0, 0.05) is 24.2 Å². The molecule has 3 rings (SSSR count). The van der Waals surface area contributed by atoms with Crippen molar-refractivity contribution in [3.63, 3.8) is 0 Å². The van der Waals surface area contributed by atoms with E-state index >= 15 is 0 Å². The van der Waals surface area contributed by atoms with E-state index in [-0.39, 0.29) is 35.1 Å². The van der Waals surface area contributed by atoms with Crippen LogP contribution in [-0.4, -0.2) is 44.9 Å². The number of nitrogens with one attached hydrogen (secondary N) is 1. The molecule has 1 saturated heterocycles. The number of halogens is 1. The second kappa shape index (κ2) is 8.80. The highest BCUT2D eigenvalue weighted by Gasteiger charge is 2.35. The Bertz CT molecular complexity index is 778. The SMILES string of the molecule is COc1ccc(Cl)cc1S(=O)(=O)N1CCC[C@@H](C(=O)NC2CCCCC2)C1. The Labute approximate surface area is 166 Å². The summed E-state index contributed by atoms with van der Waals surface area (Å²) in [6.07, 6.45) is 6.90. The van der Waals surface area contributed by atoms with Gasteiger partial charge in [0.25, 0.3) is 0 Å². The summed E-state index contributed by atoms with van der Waals surface area (Å²) in [6.45, 7) is 0.585. The fourth-order valence-electron chi connectivity index (χ4n) is 3.93. The quantitative estimate of drug-likeness (QED) is 0.802. The fraction of sp³-hybridized carbons (Fsp3) is 0.632. The number of hydrogen-bond acceptors (Lipinski definition) is 4. The van der Waals surface area contributed by atoms with Gasteiger partial charge in [-0.05, 0) is 43.9 Å². The molecule has 1 aliphatic carbocycles. The Morgan fingerprint density at radius 2 is 1.93 bits per heavy atom. The fourth-order valence-corrected chi connectivity index (χ4v) is 5.87. The van der Waals surface area contributed by atoms with Crippen LogP contribution in [0.5, 0.6) is 5.75 Å². The predicted octanol–water partition coefficient (Wildman–Crippen LogP) is 3.20. The first-order valence-corrected chi connectivity index (χ1v) is 11.4. The minimum atomic E-state index is -3.78. The van der Waals surface area contributed by atoms with Crippen LogP contribution in [0, 0.1) is 5.92 Å². The smallest absolute Gasteiger partial charge is 0.246 e. The summed E-state index contributed by atoms with van der Waals surface area (Å²) in [6, 6.07) is 4.77. The molecule has 1 aromatic rings. The summed E-state index contributed by atoms with van der Waals surface area (Å²) in [7, 11) is -2.35. The molecule has 1 aliphatic heterocycles. The summed E-state index contributed by atoms with van der Waals surface area (Å²) in [5.41, 5.74) is 0. The molecule has 1 heterocycles. The average molecular weight is 415 g/mol. The van der Waals surface area contributed by atoms with Crippen LogP contribution >= 0.6 is 11.6 Å². The van der Waals surface area contributed by atoms with E-state index in [1.807, 2.05) is 0 Å². The third-order valence-corrected chi connectivity index (χ3v) is 7.57. The van der Waals surface area contributed by atoms with Gasteiger partial charge in [-0.25, -0.2) is 8.42 Å². The zero-order valence-electron chi connectivity index (χ0n) is 15.6. The first-order chi connectivity index (χ1) is 12.9. The van der Waals surface area contributed by atoms with Gasteiger partial charge in [-0.1, -0.05) is 30.9 Å². The van der Waals surface area contributed by atoms with E-state index in [2.05, 4.69) is 5.32 Å². The number of rotatable bonds is 5. The summed E-state index contributed by atoms with van der Waals surface area (Å²) in [5.74, 6) is -0.0892. The molecular weight excluding hydrogens is 388 g/mol. The van der Waals surface area contributed by atoms with Crippen LogP contribution < -0.4 is 10.1 Å². The van der Waals surface area contributed by atoms with Crippen LogP contribution in [0.4, 0.5) is 0 Å². The van der Waals surface area contributed by atoms with Gasteiger partial charge in [0.2, 0.25) is 15.9 Å². The molecule has 6 nitrogen and oxygen atoms in total. The number of amides is 1. The molecule has 2 aliphatic rings. The van der Waals surface area contributed by atoms with Crippen LogP contribution in [0.2, 0.25) is 5.02 Å². The summed E-state index contributed by atoms with van der Waals surface area (Å²) >= 11 is 6.00. The van der Waals surface area contributed by atoms with Crippen molar-refractivity contribution in [1.29, 1.82) is 0 Å². The minimum absolute atomic E-state index is 0.0279. The molecule has 2 fully saturated rings. The van der Waals surface area contributed by atoms with Gasteiger partial charge in [-0.15, -0.1) is 0 Å². The van der Waals surface area contributed by atoms with Crippen LogP contribution in [0.25, 0.3) is 0 Å². The number of ether oxygens (including phenoxy) is 1. The summed E-state index contributed by atoms with van der Waals surface area (Å²) in [4.78, 5) is 12.7. The van der Waals surface area contributed by atoms with Crippen molar-refractivity contribution in [3.8, 4) is 5.75 Å². The Morgan fingerprint density at radius 3 is 2.63 bits per heavy atom. The van der Waals surface area contributed by atoms with E-state index < -0.39 is 10.0 Å². The Kier molecular flexibility index (Phi) is 6.65. The van der Waals surface area contributed by atoms with E-state index in [4.69, 9.17) is 16.3 Å². The second-order valence-corrected chi connectivity index (χ2v) is 9.68. The number of carbonyl (C=O) groups is 1. The average Bonchev–Trinajstić information content (AvgIpc) is 2.69. The lowest BCUT2D eigenvalue weighted by molar-refractivity contribution is -0.127. The van der Waals surface area contributed by atoms with Crippen molar-refractivity contribution in [2.45, 2.75) is 55.9 Å². The van der Waals surface area contributed by atoms with Crippen molar-refractivity contribution in [3.05, 3.63) is 23.2 Å². The van der Waals surface area contributed by atoms with Gasteiger partial charge in [0.05, 0.1) is 13.0 Å². The number of sulfonamides is 1. The number of carbonyl (C=O) groups excluding carboxylic acids is 1. The van der Waals surface area contributed by atoms with E-state index in [1.54, 1.807) is 12.1 Å².